The van der Waals surface area contributed by atoms with E-state index >= 15 is 0 Å². The van der Waals surface area contributed by atoms with Crippen molar-refractivity contribution in [2.75, 3.05) is 24.4 Å². The number of allylic oxidation sites excluding steroid dienone is 2. The number of rotatable bonds is 6. The predicted octanol–water partition coefficient (Wildman–Crippen LogP) is 4.50. The average Bonchev–Trinajstić information content (AvgIpc) is 2.61. The van der Waals surface area contributed by atoms with Gasteiger partial charge in [0, 0.05) is 31.7 Å². The summed E-state index contributed by atoms with van der Waals surface area (Å²) in [5.74, 6) is 0. The van der Waals surface area contributed by atoms with Gasteiger partial charge in [-0.2, -0.15) is 5.10 Å². The monoisotopic (exact) mass is 306 g/mol. The van der Waals surface area contributed by atoms with Crippen molar-refractivity contribution >= 4 is 29.0 Å². The predicted molar refractivity (Wildman–Crippen MR) is 101 cm³/mol. The van der Waals surface area contributed by atoms with Crippen LogP contribution in [-0.2, 0) is 0 Å². The van der Waals surface area contributed by atoms with Crippen molar-refractivity contribution in [2.45, 2.75) is 6.92 Å². The zero-order valence-electron chi connectivity index (χ0n) is 13.8. The van der Waals surface area contributed by atoms with Gasteiger partial charge in [0.05, 0.1) is 11.4 Å². The van der Waals surface area contributed by atoms with Crippen LogP contribution in [0.1, 0.15) is 6.92 Å². The second-order valence-electron chi connectivity index (χ2n) is 5.07. The lowest BCUT2D eigenvalue weighted by atomic mass is 10.2. The Hall–Kier alpha value is -2.88. The van der Waals surface area contributed by atoms with Gasteiger partial charge in [-0.25, -0.2) is 0 Å². The molecular weight excluding hydrogens is 284 g/mol. The number of benzene rings is 2. The third kappa shape index (κ3) is 5.11. The maximum absolute atomic E-state index is 4.30. The molecule has 118 valence electrons. The first-order chi connectivity index (χ1) is 11.2. The van der Waals surface area contributed by atoms with Gasteiger partial charge in [-0.3, -0.25) is 10.4 Å². The Morgan fingerprint density at radius 3 is 2.30 bits per heavy atom. The summed E-state index contributed by atoms with van der Waals surface area (Å²) < 4.78 is 0. The van der Waals surface area contributed by atoms with Gasteiger partial charge >= 0.3 is 0 Å². The largest absolute Gasteiger partial charge is 0.345 e. The number of hydrogen-bond acceptors (Lipinski definition) is 4. The summed E-state index contributed by atoms with van der Waals surface area (Å²) in [5, 5.41) is 4.30. The van der Waals surface area contributed by atoms with Crippen LogP contribution in [0.5, 0.6) is 0 Å². The van der Waals surface area contributed by atoms with Crippen LogP contribution in [0.3, 0.4) is 0 Å². The van der Waals surface area contributed by atoms with Gasteiger partial charge in [0.15, 0.2) is 0 Å². The zero-order valence-corrected chi connectivity index (χ0v) is 13.8. The number of nitrogens with one attached hydrogen (secondary N) is 1. The Morgan fingerprint density at radius 1 is 1.00 bits per heavy atom. The minimum absolute atomic E-state index is 0.885. The van der Waals surface area contributed by atoms with E-state index in [9.17, 15) is 0 Å². The van der Waals surface area contributed by atoms with Gasteiger partial charge in [0.1, 0.15) is 0 Å². The third-order valence-corrected chi connectivity index (χ3v) is 3.33. The van der Waals surface area contributed by atoms with Gasteiger partial charge in [0.2, 0.25) is 0 Å². The Morgan fingerprint density at radius 2 is 1.65 bits per heavy atom. The molecule has 0 radical (unpaired) electrons. The molecule has 2 rings (SSSR count). The van der Waals surface area contributed by atoms with E-state index in [-0.39, 0.29) is 0 Å². The second-order valence-corrected chi connectivity index (χ2v) is 5.07. The van der Waals surface area contributed by atoms with Crippen LogP contribution in [0.4, 0.5) is 17.1 Å². The van der Waals surface area contributed by atoms with Crippen molar-refractivity contribution in [2.24, 2.45) is 10.1 Å². The van der Waals surface area contributed by atoms with Crippen molar-refractivity contribution in [1.29, 1.82) is 0 Å². The highest BCUT2D eigenvalue weighted by atomic mass is 15.3. The molecule has 2 aromatic rings. The van der Waals surface area contributed by atoms with E-state index in [1.165, 1.54) is 0 Å². The fraction of sp³-hybridized carbons (Fsp3) is 0.158. The summed E-state index contributed by atoms with van der Waals surface area (Å²) in [4.78, 5) is 6.03. The normalized spacial score (nSPS) is 12.0. The molecule has 0 spiro atoms. The van der Waals surface area contributed by atoms with Crippen molar-refractivity contribution < 1.29 is 0 Å². The number of nitrogens with zero attached hydrogens (tertiary/aromatic N) is 3. The number of aliphatic imine (C=N–C) groups is 1. The molecule has 1 N–H and O–H groups in total. The molecule has 0 saturated heterocycles. The number of hydrogen-bond donors (Lipinski definition) is 1. The quantitative estimate of drug-likeness (QED) is 0.630. The highest BCUT2D eigenvalue weighted by molar-refractivity contribution is 5.96. The van der Waals surface area contributed by atoms with Gasteiger partial charge in [-0.05, 0) is 55.5 Å². The van der Waals surface area contributed by atoms with Crippen LogP contribution in [0.25, 0.3) is 0 Å². The first kappa shape index (κ1) is 16.5. The van der Waals surface area contributed by atoms with Crippen molar-refractivity contribution in [3.8, 4) is 0 Å². The van der Waals surface area contributed by atoms with Crippen molar-refractivity contribution in [1.82, 2.24) is 0 Å². The summed E-state index contributed by atoms with van der Waals surface area (Å²) >= 11 is 0. The molecule has 0 aromatic heterocycles. The maximum Gasteiger partial charge on any atom is 0.0576 e. The van der Waals surface area contributed by atoms with Gasteiger partial charge in [-0.1, -0.05) is 18.2 Å². The Labute approximate surface area is 137 Å². The molecule has 0 aliphatic rings. The van der Waals surface area contributed by atoms with E-state index in [0.29, 0.717) is 0 Å². The molecule has 0 amide bonds. The van der Waals surface area contributed by atoms with E-state index in [0.717, 1.165) is 22.8 Å². The van der Waals surface area contributed by atoms with Crippen molar-refractivity contribution in [3.05, 3.63) is 66.7 Å². The van der Waals surface area contributed by atoms with E-state index in [1.807, 2.05) is 49.4 Å². The standard InChI is InChI=1S/C19H22N4/c1-16(8-7-15-20-2)21-22-17-11-13-19(14-12-17)23(3)18-9-5-4-6-10-18/h4-15,22H,1-3H3. The number of hydrazone groups is 1. The molecule has 4 heteroatoms. The maximum atomic E-state index is 4.30. The van der Waals surface area contributed by atoms with Gasteiger partial charge in [-0.15, -0.1) is 0 Å². The highest BCUT2D eigenvalue weighted by Crippen LogP contribution is 2.24. The molecule has 0 unspecified atom stereocenters. The van der Waals surface area contributed by atoms with E-state index in [4.69, 9.17) is 0 Å². The molecule has 4 nitrogen and oxygen atoms in total. The van der Waals surface area contributed by atoms with Crippen LogP contribution in [0.2, 0.25) is 0 Å². The van der Waals surface area contributed by atoms with Crippen LogP contribution in [0, 0.1) is 0 Å². The lowest BCUT2D eigenvalue weighted by Gasteiger charge is -2.19. The first-order valence-electron chi connectivity index (χ1n) is 7.48. The molecule has 0 heterocycles. The second kappa shape index (κ2) is 8.54. The summed E-state index contributed by atoms with van der Waals surface area (Å²) in [6, 6.07) is 18.4. The first-order valence-corrected chi connectivity index (χ1v) is 7.48. The highest BCUT2D eigenvalue weighted by Gasteiger charge is 2.02. The minimum atomic E-state index is 0.885. The molecule has 2 aromatic carbocycles. The Bertz CT molecular complexity index is 685. The smallest absolute Gasteiger partial charge is 0.0576 e. The molecular formula is C19H22N4. The van der Waals surface area contributed by atoms with Crippen LogP contribution >= 0.6 is 0 Å². The van der Waals surface area contributed by atoms with Crippen LogP contribution in [0.15, 0.2) is 76.8 Å². The Kier molecular flexibility index (Phi) is 6.12. The number of anilines is 3. The molecule has 0 atom stereocenters. The van der Waals surface area contributed by atoms with Crippen molar-refractivity contribution in [3.63, 3.8) is 0 Å². The van der Waals surface area contributed by atoms with E-state index in [2.05, 4.69) is 51.7 Å². The third-order valence-electron chi connectivity index (χ3n) is 3.33. The lowest BCUT2D eigenvalue weighted by Crippen LogP contribution is -2.08. The number of para-hydroxylation sites is 1. The molecule has 0 saturated carbocycles. The Balaban J connectivity index is 2.01. The fourth-order valence-corrected chi connectivity index (χ4v) is 2.02. The SMILES string of the molecule is CN=CC=CC(C)=NNc1ccc(N(C)c2ccccc2)cc1. The molecule has 23 heavy (non-hydrogen) atoms. The summed E-state index contributed by atoms with van der Waals surface area (Å²) in [6.07, 6.45) is 5.49. The minimum Gasteiger partial charge on any atom is -0.345 e. The molecule has 0 bridgehead atoms. The summed E-state index contributed by atoms with van der Waals surface area (Å²) in [5.41, 5.74) is 7.17. The molecule has 0 aliphatic heterocycles. The van der Waals surface area contributed by atoms with Crippen LogP contribution in [-0.4, -0.2) is 26.0 Å². The fourth-order valence-electron chi connectivity index (χ4n) is 2.02. The molecule has 0 aliphatic carbocycles. The topological polar surface area (TPSA) is 40.0 Å². The van der Waals surface area contributed by atoms with Crippen LogP contribution < -0.4 is 10.3 Å². The summed E-state index contributed by atoms with van der Waals surface area (Å²) in [6.45, 7) is 1.94. The lowest BCUT2D eigenvalue weighted by molar-refractivity contribution is 1.21. The zero-order chi connectivity index (χ0) is 16.5. The summed E-state index contributed by atoms with van der Waals surface area (Å²) in [7, 11) is 3.79. The van der Waals surface area contributed by atoms with Gasteiger partial charge in [0.25, 0.3) is 0 Å². The van der Waals surface area contributed by atoms with Gasteiger partial charge < -0.3 is 4.90 Å². The van der Waals surface area contributed by atoms with E-state index in [1.54, 1.807) is 13.3 Å². The molecule has 0 fully saturated rings. The average molecular weight is 306 g/mol. The van der Waals surface area contributed by atoms with E-state index < -0.39 is 0 Å².